The SMILES string of the molecule is C/C=C(/c1scc(C(=O)NCc2c(C)cc(C)[nH]c2=O)c1C)C1CCC(N(C(=O)O)C(C)(C)C)CC1. The molecule has 8 heteroatoms. The Morgan fingerprint density at radius 3 is 2.36 bits per heavy atom. The van der Waals surface area contributed by atoms with E-state index in [4.69, 9.17) is 0 Å². The number of amides is 2. The van der Waals surface area contributed by atoms with E-state index in [9.17, 15) is 19.5 Å². The van der Waals surface area contributed by atoms with Crippen LogP contribution >= 0.6 is 11.3 Å². The molecule has 0 radical (unpaired) electrons. The lowest BCUT2D eigenvalue weighted by Crippen LogP contribution is -2.52. The van der Waals surface area contributed by atoms with E-state index < -0.39 is 11.6 Å². The molecule has 0 spiro atoms. The molecule has 1 fully saturated rings. The third-order valence-corrected chi connectivity index (χ3v) is 8.34. The summed E-state index contributed by atoms with van der Waals surface area (Å²) >= 11 is 1.58. The van der Waals surface area contributed by atoms with Gasteiger partial charge in [-0.25, -0.2) is 4.79 Å². The topological polar surface area (TPSA) is 103 Å². The van der Waals surface area contributed by atoms with E-state index in [1.54, 1.807) is 16.2 Å². The number of thiophene rings is 1. The summed E-state index contributed by atoms with van der Waals surface area (Å²) in [5, 5.41) is 14.6. The normalized spacial score (nSPS) is 18.7. The molecule has 2 heterocycles. The zero-order valence-corrected chi connectivity index (χ0v) is 23.3. The third-order valence-electron chi connectivity index (χ3n) is 7.21. The van der Waals surface area contributed by atoms with Gasteiger partial charge in [0.25, 0.3) is 11.5 Å². The van der Waals surface area contributed by atoms with Crippen LogP contribution in [-0.4, -0.2) is 38.6 Å². The maximum Gasteiger partial charge on any atom is 0.407 e. The van der Waals surface area contributed by atoms with Crippen LogP contribution in [0.4, 0.5) is 4.79 Å². The third kappa shape index (κ3) is 5.91. The first kappa shape index (κ1) is 27.7. The molecule has 2 aromatic rings. The molecular formula is C28H39N3O4S. The van der Waals surface area contributed by atoms with Crippen molar-refractivity contribution in [3.05, 3.63) is 60.7 Å². The summed E-state index contributed by atoms with van der Waals surface area (Å²) in [5.41, 5.74) is 4.44. The quantitative estimate of drug-likeness (QED) is 0.439. The summed E-state index contributed by atoms with van der Waals surface area (Å²) in [5.74, 6) is 0.153. The van der Waals surface area contributed by atoms with E-state index in [0.717, 1.165) is 47.4 Å². The first-order valence-electron chi connectivity index (χ1n) is 12.6. The number of pyridine rings is 1. The Morgan fingerprint density at radius 2 is 1.83 bits per heavy atom. The van der Waals surface area contributed by atoms with Gasteiger partial charge in [0.15, 0.2) is 0 Å². The van der Waals surface area contributed by atoms with Crippen LogP contribution in [0.1, 0.15) is 91.0 Å². The zero-order chi connectivity index (χ0) is 26.8. The maximum absolute atomic E-state index is 13.0. The highest BCUT2D eigenvalue weighted by molar-refractivity contribution is 7.11. The van der Waals surface area contributed by atoms with Crippen molar-refractivity contribution in [3.63, 3.8) is 0 Å². The van der Waals surface area contributed by atoms with Gasteiger partial charge < -0.3 is 20.3 Å². The molecule has 2 aromatic heterocycles. The number of aryl methyl sites for hydroxylation is 2. The standard InChI is InChI=1S/C28H39N3O4S/c1-8-21(19-9-11-20(12-10-19)31(27(34)35)28(5,6)7)24-18(4)23(15-36-24)25(32)29-14-22-16(2)13-17(3)30-26(22)33/h8,13,15,19-20H,9-12,14H2,1-7H3,(H,29,32)(H,30,33)(H,34,35)/b21-8+. The number of rotatable bonds is 6. The predicted octanol–water partition coefficient (Wildman–Crippen LogP) is 6.03. The van der Waals surface area contributed by atoms with Crippen LogP contribution in [0.5, 0.6) is 0 Å². The number of nitrogens with zero attached hydrogens (tertiary/aromatic N) is 1. The molecule has 0 aromatic carbocycles. The van der Waals surface area contributed by atoms with Gasteiger partial charge in [-0.3, -0.25) is 9.59 Å². The van der Waals surface area contributed by atoms with Gasteiger partial charge in [0, 0.05) is 39.6 Å². The Bertz CT molecular complexity index is 1210. The second kappa shape index (κ2) is 11.0. The summed E-state index contributed by atoms with van der Waals surface area (Å²) in [6.45, 7) is 13.7. The number of nitrogens with one attached hydrogen (secondary N) is 2. The molecule has 3 N–H and O–H groups in total. The lowest BCUT2D eigenvalue weighted by molar-refractivity contribution is 0.0536. The molecule has 196 valence electrons. The molecule has 0 bridgehead atoms. The monoisotopic (exact) mass is 513 g/mol. The van der Waals surface area contributed by atoms with E-state index in [-0.39, 0.29) is 24.1 Å². The van der Waals surface area contributed by atoms with Gasteiger partial charge in [-0.15, -0.1) is 11.3 Å². The largest absolute Gasteiger partial charge is 0.465 e. The van der Waals surface area contributed by atoms with Gasteiger partial charge >= 0.3 is 6.09 Å². The highest BCUT2D eigenvalue weighted by atomic mass is 32.1. The molecule has 36 heavy (non-hydrogen) atoms. The van der Waals surface area contributed by atoms with Crippen LogP contribution in [0.2, 0.25) is 0 Å². The van der Waals surface area contributed by atoms with E-state index in [2.05, 4.69) is 16.4 Å². The van der Waals surface area contributed by atoms with Crippen molar-refractivity contribution in [3.8, 4) is 0 Å². The van der Waals surface area contributed by atoms with Crippen LogP contribution in [0, 0.1) is 26.7 Å². The Hall–Kier alpha value is -2.87. The summed E-state index contributed by atoms with van der Waals surface area (Å²) in [4.78, 5) is 42.7. The van der Waals surface area contributed by atoms with Crippen LogP contribution in [0.25, 0.3) is 5.57 Å². The van der Waals surface area contributed by atoms with Gasteiger partial charge in [0.05, 0.1) is 5.56 Å². The van der Waals surface area contributed by atoms with Gasteiger partial charge in [0.1, 0.15) is 0 Å². The molecule has 1 aliphatic carbocycles. The number of carboxylic acid groups (broad SMARTS) is 1. The van der Waals surface area contributed by atoms with Crippen LogP contribution < -0.4 is 10.9 Å². The second-order valence-corrected chi connectivity index (χ2v) is 11.7. The molecule has 3 rings (SSSR count). The van der Waals surface area contributed by atoms with Crippen molar-refractivity contribution in [2.24, 2.45) is 5.92 Å². The Morgan fingerprint density at radius 1 is 1.19 bits per heavy atom. The molecule has 0 aliphatic heterocycles. The number of allylic oxidation sites excluding steroid dienone is 2. The molecule has 7 nitrogen and oxygen atoms in total. The molecule has 1 saturated carbocycles. The number of carbonyl (C=O) groups is 2. The van der Waals surface area contributed by atoms with E-state index in [0.29, 0.717) is 17.0 Å². The highest BCUT2D eigenvalue weighted by Crippen LogP contribution is 2.41. The smallest absolute Gasteiger partial charge is 0.407 e. The zero-order valence-electron chi connectivity index (χ0n) is 22.4. The molecule has 0 atom stereocenters. The molecular weight excluding hydrogens is 474 g/mol. The number of carbonyl (C=O) groups excluding carboxylic acids is 1. The summed E-state index contributed by atoms with van der Waals surface area (Å²) in [6, 6.07) is 1.93. The fourth-order valence-corrected chi connectivity index (χ4v) is 6.71. The van der Waals surface area contributed by atoms with Gasteiger partial charge in [-0.05, 0) is 103 Å². The Kier molecular flexibility index (Phi) is 8.49. The fourth-order valence-electron chi connectivity index (χ4n) is 5.48. The van der Waals surface area contributed by atoms with Crippen molar-refractivity contribution in [2.75, 3.05) is 0 Å². The van der Waals surface area contributed by atoms with E-state index >= 15 is 0 Å². The molecule has 0 unspecified atom stereocenters. The highest BCUT2D eigenvalue weighted by Gasteiger charge is 2.36. The van der Waals surface area contributed by atoms with Gasteiger partial charge in [-0.2, -0.15) is 0 Å². The Balaban J connectivity index is 1.71. The minimum Gasteiger partial charge on any atom is -0.465 e. The molecule has 1 aliphatic rings. The summed E-state index contributed by atoms with van der Waals surface area (Å²) < 4.78 is 0. The molecule has 0 saturated heterocycles. The lowest BCUT2D eigenvalue weighted by Gasteiger charge is -2.43. The van der Waals surface area contributed by atoms with Crippen molar-refractivity contribution < 1.29 is 14.7 Å². The first-order valence-corrected chi connectivity index (χ1v) is 13.5. The number of H-pyrrole nitrogens is 1. The second-order valence-electron chi connectivity index (χ2n) is 10.8. The minimum atomic E-state index is -0.857. The van der Waals surface area contributed by atoms with Crippen molar-refractivity contribution in [2.45, 2.75) is 92.3 Å². The van der Waals surface area contributed by atoms with Gasteiger partial charge in [-0.1, -0.05) is 6.08 Å². The number of aromatic nitrogens is 1. The molecule has 2 amide bonds. The average molecular weight is 514 g/mol. The van der Waals surface area contributed by atoms with E-state index in [1.165, 1.54) is 5.57 Å². The first-order chi connectivity index (χ1) is 16.8. The predicted molar refractivity (Wildman–Crippen MR) is 146 cm³/mol. The maximum atomic E-state index is 13.0. The van der Waals surface area contributed by atoms with Crippen LogP contribution in [0.3, 0.4) is 0 Å². The summed E-state index contributed by atoms with van der Waals surface area (Å²) in [7, 11) is 0. The van der Waals surface area contributed by atoms with Crippen molar-refractivity contribution in [1.82, 2.24) is 15.2 Å². The van der Waals surface area contributed by atoms with Crippen LogP contribution in [0.15, 0.2) is 22.3 Å². The van der Waals surface area contributed by atoms with Gasteiger partial charge in [0.2, 0.25) is 0 Å². The minimum absolute atomic E-state index is 0.0241. The van der Waals surface area contributed by atoms with Crippen molar-refractivity contribution >= 4 is 28.9 Å². The van der Waals surface area contributed by atoms with Crippen molar-refractivity contribution in [1.29, 1.82) is 0 Å². The number of hydrogen-bond donors (Lipinski definition) is 3. The number of aromatic amines is 1. The number of hydrogen-bond acceptors (Lipinski definition) is 4. The van der Waals surface area contributed by atoms with E-state index in [1.807, 2.05) is 59.9 Å². The average Bonchev–Trinajstić information content (AvgIpc) is 3.14. The van der Waals surface area contributed by atoms with Crippen LogP contribution in [-0.2, 0) is 6.54 Å². The lowest BCUT2D eigenvalue weighted by atomic mass is 9.79. The Labute approximate surface area is 217 Å². The summed E-state index contributed by atoms with van der Waals surface area (Å²) in [6.07, 6.45) is 4.77. The fraction of sp³-hybridized carbons (Fsp3) is 0.536.